The van der Waals surface area contributed by atoms with E-state index >= 15 is 0 Å². The summed E-state index contributed by atoms with van der Waals surface area (Å²) in [4.78, 5) is 0. The van der Waals surface area contributed by atoms with Gasteiger partial charge in [0.2, 0.25) is 0 Å². The van der Waals surface area contributed by atoms with Crippen LogP contribution in [0.1, 0.15) is 33.1 Å². The number of rotatable bonds is 9. The van der Waals surface area contributed by atoms with Crippen LogP contribution in [0.25, 0.3) is 0 Å². The van der Waals surface area contributed by atoms with Gasteiger partial charge in [-0.3, -0.25) is 0 Å². The van der Waals surface area contributed by atoms with Crippen molar-refractivity contribution >= 4 is 0 Å². The van der Waals surface area contributed by atoms with Crippen LogP contribution in [0.4, 0.5) is 8.78 Å². The van der Waals surface area contributed by atoms with Gasteiger partial charge < -0.3 is 10.1 Å². The summed E-state index contributed by atoms with van der Waals surface area (Å²) in [5.74, 6) is 5.82. The highest BCUT2D eigenvalue weighted by molar-refractivity contribution is 4.98. The molecule has 0 aromatic heterocycles. The van der Waals surface area contributed by atoms with Gasteiger partial charge in [0.15, 0.2) is 0 Å². The lowest BCUT2D eigenvalue weighted by molar-refractivity contribution is 0.0145. The van der Waals surface area contributed by atoms with Gasteiger partial charge in [-0.2, -0.15) is 0 Å². The summed E-state index contributed by atoms with van der Waals surface area (Å²) in [5.41, 5.74) is 0. The highest BCUT2D eigenvalue weighted by Gasteiger charge is 2.07. The van der Waals surface area contributed by atoms with E-state index in [9.17, 15) is 8.78 Å². The Balaban J connectivity index is 3.67. The van der Waals surface area contributed by atoms with Gasteiger partial charge in [0, 0.05) is 19.1 Å². The minimum atomic E-state index is -2.38. The van der Waals surface area contributed by atoms with Crippen molar-refractivity contribution in [3.63, 3.8) is 0 Å². The molecule has 0 radical (unpaired) electrons. The fourth-order valence-corrected chi connectivity index (χ4v) is 1.25. The van der Waals surface area contributed by atoms with Gasteiger partial charge in [-0.25, -0.2) is 8.78 Å². The van der Waals surface area contributed by atoms with Gasteiger partial charge in [0.1, 0.15) is 6.61 Å². The molecular formula is C12H21F2NO. The molecule has 0 heterocycles. The average molecular weight is 233 g/mol. The second-order valence-electron chi connectivity index (χ2n) is 3.54. The summed E-state index contributed by atoms with van der Waals surface area (Å²) < 4.78 is 28.5. The lowest BCUT2D eigenvalue weighted by Gasteiger charge is -2.15. The molecule has 0 aliphatic carbocycles. The Hall–Kier alpha value is -0.660. The predicted octanol–water partition coefficient (Wildman–Crippen LogP) is 2.44. The van der Waals surface area contributed by atoms with Crippen LogP contribution in [-0.4, -0.2) is 32.2 Å². The Morgan fingerprint density at radius 3 is 2.69 bits per heavy atom. The molecule has 0 aliphatic heterocycles. The zero-order chi connectivity index (χ0) is 12.2. The Bertz CT molecular complexity index is 211. The van der Waals surface area contributed by atoms with Gasteiger partial charge >= 0.3 is 0 Å². The van der Waals surface area contributed by atoms with Gasteiger partial charge in [-0.15, -0.1) is 11.8 Å². The third kappa shape index (κ3) is 9.88. The van der Waals surface area contributed by atoms with Crippen molar-refractivity contribution in [2.75, 3.05) is 19.8 Å². The predicted molar refractivity (Wildman–Crippen MR) is 61.6 cm³/mol. The van der Waals surface area contributed by atoms with Gasteiger partial charge in [0.25, 0.3) is 6.43 Å². The van der Waals surface area contributed by atoms with Crippen LogP contribution in [0.15, 0.2) is 0 Å². The molecule has 0 saturated heterocycles. The number of ether oxygens (including phenoxy) is 1. The van der Waals surface area contributed by atoms with Gasteiger partial charge in [0.05, 0.1) is 0 Å². The summed E-state index contributed by atoms with van der Waals surface area (Å²) >= 11 is 0. The molecule has 0 spiro atoms. The van der Waals surface area contributed by atoms with E-state index in [0.717, 1.165) is 25.8 Å². The van der Waals surface area contributed by atoms with Crippen molar-refractivity contribution in [1.82, 2.24) is 5.32 Å². The molecule has 1 N–H and O–H groups in total. The van der Waals surface area contributed by atoms with E-state index in [1.165, 1.54) is 0 Å². The van der Waals surface area contributed by atoms with Crippen molar-refractivity contribution in [2.45, 2.75) is 45.6 Å². The van der Waals surface area contributed by atoms with E-state index in [4.69, 9.17) is 4.74 Å². The zero-order valence-electron chi connectivity index (χ0n) is 10.1. The first-order valence-electron chi connectivity index (χ1n) is 5.69. The molecule has 0 bridgehead atoms. The third-order valence-corrected chi connectivity index (χ3v) is 2.06. The first-order valence-corrected chi connectivity index (χ1v) is 5.69. The molecule has 0 aromatic carbocycles. The molecule has 1 atom stereocenters. The second-order valence-corrected chi connectivity index (χ2v) is 3.54. The lowest BCUT2D eigenvalue weighted by Crippen LogP contribution is -2.30. The Labute approximate surface area is 96.7 Å². The molecule has 2 nitrogen and oxygen atoms in total. The van der Waals surface area contributed by atoms with Crippen LogP contribution in [-0.2, 0) is 4.74 Å². The number of hydrogen-bond acceptors (Lipinski definition) is 2. The summed E-state index contributed by atoms with van der Waals surface area (Å²) in [5, 5.41) is 3.32. The van der Waals surface area contributed by atoms with Crippen LogP contribution in [0.3, 0.4) is 0 Å². The first kappa shape index (κ1) is 15.3. The first-order chi connectivity index (χ1) is 7.70. The van der Waals surface area contributed by atoms with Crippen molar-refractivity contribution in [3.05, 3.63) is 0 Å². The molecule has 0 fully saturated rings. The number of hydrogen-bond donors (Lipinski definition) is 1. The fraction of sp³-hybridized carbons (Fsp3) is 0.833. The molecule has 0 amide bonds. The van der Waals surface area contributed by atoms with Crippen molar-refractivity contribution < 1.29 is 13.5 Å². The van der Waals surface area contributed by atoms with Crippen molar-refractivity contribution in [1.29, 1.82) is 0 Å². The number of nitrogens with one attached hydrogen (secondary N) is 1. The zero-order valence-corrected chi connectivity index (χ0v) is 10.1. The van der Waals surface area contributed by atoms with Crippen molar-refractivity contribution in [3.8, 4) is 11.8 Å². The fourth-order valence-electron chi connectivity index (χ4n) is 1.25. The second kappa shape index (κ2) is 10.8. The molecule has 94 valence electrons. The topological polar surface area (TPSA) is 21.3 Å². The molecule has 1 unspecified atom stereocenters. The average Bonchev–Trinajstić information content (AvgIpc) is 2.26. The largest absolute Gasteiger partial charge is 0.375 e. The molecule has 0 aromatic rings. The summed E-state index contributed by atoms with van der Waals surface area (Å²) in [7, 11) is 0. The minimum Gasteiger partial charge on any atom is -0.375 e. The van der Waals surface area contributed by atoms with Crippen LogP contribution in [0.2, 0.25) is 0 Å². The lowest BCUT2D eigenvalue weighted by atomic mass is 10.1. The number of halogens is 2. The smallest absolute Gasteiger partial charge is 0.261 e. The van der Waals surface area contributed by atoms with E-state index in [1.54, 1.807) is 6.92 Å². The Morgan fingerprint density at radius 1 is 1.38 bits per heavy atom. The van der Waals surface area contributed by atoms with Crippen LogP contribution in [0, 0.1) is 11.8 Å². The normalized spacial score (nSPS) is 12.3. The highest BCUT2D eigenvalue weighted by atomic mass is 19.3. The van der Waals surface area contributed by atoms with E-state index in [0.29, 0.717) is 6.61 Å². The maximum atomic E-state index is 11.8. The number of alkyl halides is 2. The summed E-state index contributed by atoms with van der Waals surface area (Å²) in [6, 6.07) is 0.241. The van der Waals surface area contributed by atoms with Crippen molar-refractivity contribution in [2.24, 2.45) is 0 Å². The minimum absolute atomic E-state index is 0.241. The van der Waals surface area contributed by atoms with Gasteiger partial charge in [-0.05, 0) is 26.3 Å². The molecule has 0 saturated carbocycles. The van der Waals surface area contributed by atoms with Crippen LogP contribution >= 0.6 is 0 Å². The molecule has 0 rings (SSSR count). The Kier molecular flexibility index (Phi) is 10.4. The van der Waals surface area contributed by atoms with Gasteiger partial charge in [-0.1, -0.05) is 6.92 Å². The van der Waals surface area contributed by atoms with Crippen LogP contribution < -0.4 is 5.32 Å². The third-order valence-electron chi connectivity index (χ3n) is 2.06. The monoisotopic (exact) mass is 233 g/mol. The summed E-state index contributed by atoms with van der Waals surface area (Å²) in [6.45, 7) is 4.69. The van der Waals surface area contributed by atoms with E-state index in [1.807, 2.05) is 0 Å². The van der Waals surface area contributed by atoms with E-state index in [-0.39, 0.29) is 6.04 Å². The summed E-state index contributed by atoms with van der Waals surface area (Å²) in [6.07, 6.45) is 0.140. The molecule has 16 heavy (non-hydrogen) atoms. The Morgan fingerprint density at radius 2 is 2.12 bits per heavy atom. The maximum absolute atomic E-state index is 11.8. The highest BCUT2D eigenvalue weighted by Crippen LogP contribution is 2.00. The SMILES string of the molecule is CC#CCC(CCOCC(F)F)NCCC. The quantitative estimate of drug-likeness (QED) is 0.488. The molecular weight excluding hydrogens is 212 g/mol. The molecule has 0 aliphatic rings. The van der Waals surface area contributed by atoms with Crippen LogP contribution in [0.5, 0.6) is 0 Å². The van der Waals surface area contributed by atoms with E-state index in [2.05, 4.69) is 24.1 Å². The maximum Gasteiger partial charge on any atom is 0.261 e. The van der Waals surface area contributed by atoms with E-state index < -0.39 is 13.0 Å². The standard InChI is InChI=1S/C12H21F2NO/c1-3-5-6-11(15-8-4-2)7-9-16-10-12(13)14/h11-12,15H,4,6-10H2,1-2H3. The molecule has 4 heteroatoms.